The fraction of sp³-hybridized carbons (Fsp3) is 0.647. The van der Waals surface area contributed by atoms with Crippen LogP contribution in [0, 0.1) is 0 Å². The third kappa shape index (κ3) is 3.54. The number of aliphatic hydroxyl groups is 1. The predicted molar refractivity (Wildman–Crippen MR) is 84.1 cm³/mol. The summed E-state index contributed by atoms with van der Waals surface area (Å²) in [7, 11) is 1.61. The molecular formula is C17H24N2O4. The molecule has 1 aromatic rings. The number of aromatic nitrogens is 1. The molecule has 2 aliphatic rings. The second kappa shape index (κ2) is 6.55. The number of piperidine rings is 1. The predicted octanol–water partition coefficient (Wildman–Crippen LogP) is 1.24. The van der Waals surface area contributed by atoms with Crippen molar-refractivity contribution >= 4 is 5.91 Å². The monoisotopic (exact) mass is 320 g/mol. The summed E-state index contributed by atoms with van der Waals surface area (Å²) in [6, 6.07) is 3.56. The molecule has 1 amide bonds. The van der Waals surface area contributed by atoms with Crippen molar-refractivity contribution in [3.8, 4) is 0 Å². The molecule has 0 aromatic carbocycles. The third-order valence-corrected chi connectivity index (χ3v) is 4.91. The van der Waals surface area contributed by atoms with E-state index in [1.165, 1.54) is 0 Å². The van der Waals surface area contributed by atoms with Crippen molar-refractivity contribution in [2.24, 2.45) is 0 Å². The summed E-state index contributed by atoms with van der Waals surface area (Å²) in [5.41, 5.74) is -0.538. The lowest BCUT2D eigenvalue weighted by Crippen LogP contribution is -2.56. The number of ether oxygens (including phenoxy) is 2. The lowest BCUT2D eigenvalue weighted by atomic mass is 9.77. The quantitative estimate of drug-likeness (QED) is 0.907. The maximum absolute atomic E-state index is 12.5. The van der Waals surface area contributed by atoms with E-state index in [1.807, 2.05) is 4.90 Å². The molecule has 0 saturated carbocycles. The van der Waals surface area contributed by atoms with E-state index in [2.05, 4.69) is 4.98 Å². The number of hydrogen-bond acceptors (Lipinski definition) is 5. The molecule has 0 radical (unpaired) electrons. The first-order chi connectivity index (χ1) is 11.1. The summed E-state index contributed by atoms with van der Waals surface area (Å²) in [5, 5.41) is 10.6. The Morgan fingerprint density at radius 2 is 2.22 bits per heavy atom. The summed E-state index contributed by atoms with van der Waals surface area (Å²) in [6.07, 6.45) is 5.91. The van der Waals surface area contributed by atoms with Gasteiger partial charge in [-0.1, -0.05) is 0 Å². The summed E-state index contributed by atoms with van der Waals surface area (Å²) in [5.74, 6) is 0.0101. The van der Waals surface area contributed by atoms with Crippen LogP contribution >= 0.6 is 0 Å². The molecule has 1 spiro atoms. The molecule has 1 atom stereocenters. The SMILES string of the molecule is COCC1(O)CCOC2(CCN(C(=O)c3cccnc3)CC2)C1. The lowest BCUT2D eigenvalue weighted by Gasteiger charge is -2.48. The number of amides is 1. The van der Waals surface area contributed by atoms with Crippen molar-refractivity contribution in [2.45, 2.75) is 36.9 Å². The number of nitrogens with zero attached hydrogens (tertiary/aromatic N) is 2. The summed E-state index contributed by atoms with van der Waals surface area (Å²) in [4.78, 5) is 18.3. The Balaban J connectivity index is 1.63. The molecule has 3 heterocycles. The van der Waals surface area contributed by atoms with Gasteiger partial charge in [0.05, 0.1) is 30.0 Å². The van der Waals surface area contributed by atoms with Crippen LogP contribution < -0.4 is 0 Å². The van der Waals surface area contributed by atoms with Gasteiger partial charge in [-0.25, -0.2) is 0 Å². The van der Waals surface area contributed by atoms with Crippen LogP contribution in [0.4, 0.5) is 0 Å². The molecule has 2 fully saturated rings. The molecule has 6 heteroatoms. The van der Waals surface area contributed by atoms with Crippen LogP contribution in [-0.2, 0) is 9.47 Å². The Kier molecular flexibility index (Phi) is 4.66. The van der Waals surface area contributed by atoms with E-state index in [0.29, 0.717) is 44.7 Å². The fourth-order valence-corrected chi connectivity index (χ4v) is 3.70. The van der Waals surface area contributed by atoms with Crippen LogP contribution in [0.5, 0.6) is 0 Å². The minimum absolute atomic E-state index is 0.0101. The zero-order valence-corrected chi connectivity index (χ0v) is 13.5. The zero-order chi connectivity index (χ0) is 16.3. The highest BCUT2D eigenvalue weighted by Crippen LogP contribution is 2.39. The molecule has 1 unspecified atom stereocenters. The van der Waals surface area contributed by atoms with Crippen molar-refractivity contribution in [3.05, 3.63) is 30.1 Å². The molecule has 1 N–H and O–H groups in total. The Hall–Kier alpha value is -1.50. The van der Waals surface area contributed by atoms with Crippen LogP contribution in [0.2, 0.25) is 0 Å². The summed E-state index contributed by atoms with van der Waals surface area (Å²) in [6.45, 7) is 2.14. The number of likely N-dealkylation sites (tertiary alicyclic amines) is 1. The molecule has 2 aliphatic heterocycles. The number of hydrogen-bond donors (Lipinski definition) is 1. The molecule has 0 bridgehead atoms. The Morgan fingerprint density at radius 1 is 1.43 bits per heavy atom. The molecule has 3 rings (SSSR count). The van der Waals surface area contributed by atoms with Crippen molar-refractivity contribution in [1.82, 2.24) is 9.88 Å². The number of pyridine rings is 1. The Bertz CT molecular complexity index is 539. The maximum Gasteiger partial charge on any atom is 0.255 e. The van der Waals surface area contributed by atoms with Crippen LogP contribution in [0.25, 0.3) is 0 Å². The van der Waals surface area contributed by atoms with E-state index >= 15 is 0 Å². The van der Waals surface area contributed by atoms with Crippen LogP contribution in [0.15, 0.2) is 24.5 Å². The minimum Gasteiger partial charge on any atom is -0.387 e. The molecule has 6 nitrogen and oxygen atoms in total. The lowest BCUT2D eigenvalue weighted by molar-refractivity contribution is -0.189. The normalized spacial score (nSPS) is 27.1. The Labute approximate surface area is 136 Å². The first-order valence-electron chi connectivity index (χ1n) is 8.11. The van der Waals surface area contributed by atoms with Gasteiger partial charge in [0.25, 0.3) is 5.91 Å². The standard InChI is InChI=1S/C17H24N2O4/c1-22-13-16(21)6-10-23-17(12-16)4-8-19(9-5-17)15(20)14-3-2-7-18-11-14/h2-3,7,11,21H,4-6,8-10,12-13H2,1H3. The van der Waals surface area contributed by atoms with Gasteiger partial charge in [-0.2, -0.15) is 0 Å². The van der Waals surface area contributed by atoms with Crippen molar-refractivity contribution < 1.29 is 19.4 Å². The molecule has 1 aromatic heterocycles. The van der Waals surface area contributed by atoms with E-state index in [0.717, 1.165) is 12.8 Å². The average molecular weight is 320 g/mol. The van der Waals surface area contributed by atoms with Gasteiger partial charge in [-0.15, -0.1) is 0 Å². The number of methoxy groups -OCH3 is 1. The van der Waals surface area contributed by atoms with Crippen molar-refractivity contribution in [3.63, 3.8) is 0 Å². The van der Waals surface area contributed by atoms with Gasteiger partial charge in [-0.3, -0.25) is 9.78 Å². The largest absolute Gasteiger partial charge is 0.387 e. The van der Waals surface area contributed by atoms with E-state index in [1.54, 1.807) is 31.6 Å². The highest BCUT2D eigenvalue weighted by molar-refractivity contribution is 5.93. The van der Waals surface area contributed by atoms with Crippen LogP contribution in [0.1, 0.15) is 36.0 Å². The van der Waals surface area contributed by atoms with E-state index in [9.17, 15) is 9.90 Å². The smallest absolute Gasteiger partial charge is 0.255 e. The van der Waals surface area contributed by atoms with E-state index in [-0.39, 0.29) is 11.5 Å². The van der Waals surface area contributed by atoms with Crippen LogP contribution in [-0.4, -0.2) is 65.5 Å². The molecular weight excluding hydrogens is 296 g/mol. The highest BCUT2D eigenvalue weighted by Gasteiger charge is 2.47. The van der Waals surface area contributed by atoms with Gasteiger partial charge in [0.1, 0.15) is 0 Å². The second-order valence-electron chi connectivity index (χ2n) is 6.65. The van der Waals surface area contributed by atoms with Gasteiger partial charge in [0.15, 0.2) is 0 Å². The topological polar surface area (TPSA) is 71.9 Å². The molecule has 2 saturated heterocycles. The second-order valence-corrected chi connectivity index (χ2v) is 6.65. The third-order valence-electron chi connectivity index (χ3n) is 4.91. The number of carbonyl (C=O) groups is 1. The van der Waals surface area contributed by atoms with Gasteiger partial charge >= 0.3 is 0 Å². The molecule has 23 heavy (non-hydrogen) atoms. The molecule has 126 valence electrons. The van der Waals surface area contributed by atoms with E-state index in [4.69, 9.17) is 9.47 Å². The zero-order valence-electron chi connectivity index (χ0n) is 13.5. The van der Waals surface area contributed by atoms with Gasteiger partial charge < -0.3 is 19.5 Å². The van der Waals surface area contributed by atoms with Gasteiger partial charge in [0.2, 0.25) is 0 Å². The van der Waals surface area contributed by atoms with Crippen LogP contribution in [0.3, 0.4) is 0 Å². The average Bonchev–Trinajstić information content (AvgIpc) is 2.56. The first-order valence-corrected chi connectivity index (χ1v) is 8.11. The summed E-state index contributed by atoms with van der Waals surface area (Å²) >= 11 is 0. The van der Waals surface area contributed by atoms with Crippen molar-refractivity contribution in [1.29, 1.82) is 0 Å². The highest BCUT2D eigenvalue weighted by atomic mass is 16.5. The van der Waals surface area contributed by atoms with Gasteiger partial charge in [-0.05, 0) is 25.0 Å². The van der Waals surface area contributed by atoms with Crippen molar-refractivity contribution in [2.75, 3.05) is 33.4 Å². The maximum atomic E-state index is 12.5. The fourth-order valence-electron chi connectivity index (χ4n) is 3.70. The number of rotatable bonds is 3. The summed E-state index contributed by atoms with van der Waals surface area (Å²) < 4.78 is 11.2. The first kappa shape index (κ1) is 16.4. The van der Waals surface area contributed by atoms with E-state index < -0.39 is 5.60 Å². The Morgan fingerprint density at radius 3 is 2.87 bits per heavy atom. The molecule has 0 aliphatic carbocycles. The minimum atomic E-state index is -0.817. The number of carbonyl (C=O) groups excluding carboxylic acids is 1. The van der Waals surface area contributed by atoms with Gasteiger partial charge in [0, 0.05) is 45.4 Å².